The molecule has 1 fully saturated rings. The normalized spacial score (nSPS) is 31.0. The third-order valence-electron chi connectivity index (χ3n) is 6.48. The Hall–Kier alpha value is -1.35. The summed E-state index contributed by atoms with van der Waals surface area (Å²) in [6, 6.07) is 9.25. The van der Waals surface area contributed by atoms with Gasteiger partial charge in [-0.2, -0.15) is 0 Å². The Kier molecular flexibility index (Phi) is 6.08. The summed E-state index contributed by atoms with van der Waals surface area (Å²) in [5.41, 5.74) is 0.986. The zero-order valence-electron chi connectivity index (χ0n) is 16.0. The van der Waals surface area contributed by atoms with Crippen LogP contribution in [-0.4, -0.2) is 35.1 Å². The van der Waals surface area contributed by atoms with Gasteiger partial charge >= 0.3 is 5.97 Å². The molecule has 3 nitrogen and oxygen atoms in total. The summed E-state index contributed by atoms with van der Waals surface area (Å²) in [5, 5.41) is 0. The highest BCUT2D eigenvalue weighted by atomic mass is 16.5. The Balaban J connectivity index is 2.05. The standard InChI is InChI=1S/C21H33NO2/c1-6-20(4)14-13-17(3)21(5,7-2)22(20)15-16-24-19(23)18-11-9-8-10-12-18/h8-12,17H,6-7,13-16H2,1-5H3. The molecular formula is C21H33NO2. The van der Waals surface area contributed by atoms with Crippen molar-refractivity contribution in [2.75, 3.05) is 13.2 Å². The molecule has 3 atom stereocenters. The second-order valence-corrected chi connectivity index (χ2v) is 7.65. The molecule has 0 aromatic heterocycles. The number of ether oxygens (including phenoxy) is 1. The molecule has 134 valence electrons. The highest BCUT2D eigenvalue weighted by Gasteiger charge is 2.48. The van der Waals surface area contributed by atoms with E-state index in [9.17, 15) is 4.79 Å². The third kappa shape index (κ3) is 3.66. The molecule has 0 radical (unpaired) electrons. The summed E-state index contributed by atoms with van der Waals surface area (Å²) < 4.78 is 5.56. The van der Waals surface area contributed by atoms with Crippen LogP contribution >= 0.6 is 0 Å². The van der Waals surface area contributed by atoms with Gasteiger partial charge in [-0.15, -0.1) is 0 Å². The van der Waals surface area contributed by atoms with E-state index in [-0.39, 0.29) is 17.0 Å². The van der Waals surface area contributed by atoms with Crippen LogP contribution in [0.25, 0.3) is 0 Å². The number of hydrogen-bond donors (Lipinski definition) is 0. The summed E-state index contributed by atoms with van der Waals surface area (Å²) in [5.74, 6) is 0.434. The molecule has 0 bridgehead atoms. The first-order chi connectivity index (χ1) is 11.4. The number of carbonyl (C=O) groups excluding carboxylic acids is 1. The Morgan fingerprint density at radius 2 is 1.88 bits per heavy atom. The number of rotatable bonds is 6. The molecule has 0 aliphatic carbocycles. The van der Waals surface area contributed by atoms with E-state index < -0.39 is 0 Å². The van der Waals surface area contributed by atoms with Crippen LogP contribution in [0.1, 0.15) is 70.7 Å². The van der Waals surface area contributed by atoms with Crippen molar-refractivity contribution < 1.29 is 9.53 Å². The second-order valence-electron chi connectivity index (χ2n) is 7.65. The van der Waals surface area contributed by atoms with Gasteiger partial charge in [-0.3, -0.25) is 4.90 Å². The molecule has 24 heavy (non-hydrogen) atoms. The number of hydrogen-bond acceptors (Lipinski definition) is 3. The SMILES string of the molecule is CCC1(C)CCC(C)C(C)(CC)N1CCOC(=O)c1ccccc1. The van der Waals surface area contributed by atoms with Crippen molar-refractivity contribution in [3.63, 3.8) is 0 Å². The maximum atomic E-state index is 12.2. The van der Waals surface area contributed by atoms with Gasteiger partial charge in [0.15, 0.2) is 0 Å². The van der Waals surface area contributed by atoms with Gasteiger partial charge in [0.1, 0.15) is 6.61 Å². The number of benzene rings is 1. The molecule has 1 heterocycles. The molecular weight excluding hydrogens is 298 g/mol. The van der Waals surface area contributed by atoms with Crippen molar-refractivity contribution in [3.8, 4) is 0 Å². The van der Waals surface area contributed by atoms with Crippen molar-refractivity contribution >= 4 is 5.97 Å². The smallest absolute Gasteiger partial charge is 0.338 e. The van der Waals surface area contributed by atoms with E-state index in [1.807, 2.05) is 18.2 Å². The van der Waals surface area contributed by atoms with Crippen molar-refractivity contribution in [2.24, 2.45) is 5.92 Å². The van der Waals surface area contributed by atoms with Crippen molar-refractivity contribution in [1.29, 1.82) is 0 Å². The fourth-order valence-corrected chi connectivity index (χ4v) is 4.18. The lowest BCUT2D eigenvalue weighted by Gasteiger charge is -2.58. The molecule has 0 spiro atoms. The average molecular weight is 331 g/mol. The summed E-state index contributed by atoms with van der Waals surface area (Å²) >= 11 is 0. The number of nitrogens with zero attached hydrogens (tertiary/aromatic N) is 1. The number of piperidine rings is 1. The van der Waals surface area contributed by atoms with Crippen LogP contribution in [0.3, 0.4) is 0 Å². The van der Waals surface area contributed by atoms with E-state index in [1.165, 1.54) is 12.8 Å². The Labute approximate surface area is 147 Å². The van der Waals surface area contributed by atoms with E-state index >= 15 is 0 Å². The highest BCUT2D eigenvalue weighted by molar-refractivity contribution is 5.89. The molecule has 1 saturated heterocycles. The molecule has 0 saturated carbocycles. The summed E-state index contributed by atoms with van der Waals surface area (Å²) in [6.07, 6.45) is 4.74. The summed E-state index contributed by atoms with van der Waals surface area (Å²) in [7, 11) is 0. The molecule has 1 aliphatic rings. The molecule has 3 unspecified atom stereocenters. The molecule has 0 N–H and O–H groups in total. The average Bonchev–Trinajstić information content (AvgIpc) is 2.62. The minimum Gasteiger partial charge on any atom is -0.461 e. The maximum Gasteiger partial charge on any atom is 0.338 e. The highest BCUT2D eigenvalue weighted by Crippen LogP contribution is 2.45. The quantitative estimate of drug-likeness (QED) is 0.693. The van der Waals surface area contributed by atoms with Gasteiger partial charge in [-0.05, 0) is 57.6 Å². The van der Waals surface area contributed by atoms with Crippen molar-refractivity contribution in [1.82, 2.24) is 4.90 Å². The van der Waals surface area contributed by atoms with Crippen molar-refractivity contribution in [2.45, 2.75) is 71.4 Å². The lowest BCUT2D eigenvalue weighted by Crippen LogP contribution is -2.64. The minimum absolute atomic E-state index is 0.169. The Bertz CT molecular complexity index is 544. The molecule has 1 aromatic rings. The molecule has 3 heteroatoms. The number of esters is 1. The fourth-order valence-electron chi connectivity index (χ4n) is 4.18. The van der Waals surface area contributed by atoms with Gasteiger partial charge in [0.05, 0.1) is 5.56 Å². The van der Waals surface area contributed by atoms with Gasteiger partial charge in [-0.25, -0.2) is 4.79 Å². The van der Waals surface area contributed by atoms with Gasteiger partial charge in [0, 0.05) is 17.6 Å². The van der Waals surface area contributed by atoms with Crippen LogP contribution in [-0.2, 0) is 4.74 Å². The molecule has 1 aromatic carbocycles. The first-order valence-electron chi connectivity index (χ1n) is 9.37. The Morgan fingerprint density at radius 1 is 1.21 bits per heavy atom. The van der Waals surface area contributed by atoms with Gasteiger partial charge in [0.25, 0.3) is 0 Å². The lowest BCUT2D eigenvalue weighted by molar-refractivity contribution is -0.0897. The van der Waals surface area contributed by atoms with Crippen LogP contribution in [0.5, 0.6) is 0 Å². The summed E-state index contributed by atoms with van der Waals surface area (Å²) in [6.45, 7) is 12.9. The Morgan fingerprint density at radius 3 is 2.46 bits per heavy atom. The number of likely N-dealkylation sites (tertiary alicyclic amines) is 1. The van der Waals surface area contributed by atoms with E-state index in [4.69, 9.17) is 4.74 Å². The topological polar surface area (TPSA) is 29.5 Å². The minimum atomic E-state index is -0.225. The fraction of sp³-hybridized carbons (Fsp3) is 0.667. The lowest BCUT2D eigenvalue weighted by atomic mass is 9.69. The van der Waals surface area contributed by atoms with E-state index in [1.54, 1.807) is 12.1 Å². The molecule has 0 amide bonds. The van der Waals surface area contributed by atoms with Gasteiger partial charge < -0.3 is 4.74 Å². The monoisotopic (exact) mass is 331 g/mol. The third-order valence-corrected chi connectivity index (χ3v) is 6.48. The van der Waals surface area contributed by atoms with Gasteiger partial charge in [-0.1, -0.05) is 39.0 Å². The zero-order valence-corrected chi connectivity index (χ0v) is 16.0. The van der Waals surface area contributed by atoms with Crippen LogP contribution in [0.15, 0.2) is 30.3 Å². The largest absolute Gasteiger partial charge is 0.461 e. The predicted octanol–water partition coefficient (Wildman–Crippen LogP) is 4.91. The predicted molar refractivity (Wildman–Crippen MR) is 99.2 cm³/mol. The first kappa shape index (κ1) is 19.0. The van der Waals surface area contributed by atoms with Crippen LogP contribution in [0, 0.1) is 5.92 Å². The summed E-state index contributed by atoms with van der Waals surface area (Å²) in [4.78, 5) is 14.8. The van der Waals surface area contributed by atoms with Crippen LogP contribution in [0.4, 0.5) is 0 Å². The van der Waals surface area contributed by atoms with Gasteiger partial charge in [0.2, 0.25) is 0 Å². The van der Waals surface area contributed by atoms with E-state index in [0.29, 0.717) is 18.1 Å². The molecule has 1 aliphatic heterocycles. The zero-order chi connectivity index (χ0) is 17.8. The first-order valence-corrected chi connectivity index (χ1v) is 9.37. The maximum absolute atomic E-state index is 12.2. The van der Waals surface area contributed by atoms with Crippen LogP contribution in [0.2, 0.25) is 0 Å². The molecule has 2 rings (SSSR count). The van der Waals surface area contributed by atoms with Crippen LogP contribution < -0.4 is 0 Å². The van der Waals surface area contributed by atoms with E-state index in [0.717, 1.165) is 19.4 Å². The number of carbonyl (C=O) groups is 1. The van der Waals surface area contributed by atoms with E-state index in [2.05, 4.69) is 39.5 Å². The van der Waals surface area contributed by atoms with Crippen molar-refractivity contribution in [3.05, 3.63) is 35.9 Å². The second kappa shape index (κ2) is 7.69.